The maximum atomic E-state index is 3.53. The first kappa shape index (κ1) is 15.1. The highest BCUT2D eigenvalue weighted by atomic mass is 79.9. The van der Waals surface area contributed by atoms with Crippen LogP contribution >= 0.6 is 15.9 Å². The van der Waals surface area contributed by atoms with Gasteiger partial charge in [-0.15, -0.1) is 0 Å². The third-order valence-corrected chi connectivity index (χ3v) is 3.92. The fourth-order valence-corrected chi connectivity index (χ4v) is 2.61. The molecular weight excluding hydrogens is 312 g/mol. The molecule has 0 unspecified atom stereocenters. The van der Waals surface area contributed by atoms with Crippen LogP contribution < -0.4 is 10.6 Å². The topological polar surface area (TPSA) is 24.1 Å². The van der Waals surface area contributed by atoms with E-state index in [0.29, 0.717) is 0 Å². The third kappa shape index (κ3) is 4.36. The summed E-state index contributed by atoms with van der Waals surface area (Å²) in [4.78, 5) is 0. The van der Waals surface area contributed by atoms with Crippen molar-refractivity contribution in [3.63, 3.8) is 0 Å². The van der Waals surface area contributed by atoms with Gasteiger partial charge in [-0.2, -0.15) is 0 Å². The number of halogens is 1. The zero-order valence-electron chi connectivity index (χ0n) is 12.0. The van der Waals surface area contributed by atoms with Crippen molar-refractivity contribution in [1.29, 1.82) is 0 Å². The second-order valence-electron chi connectivity index (χ2n) is 4.95. The molecule has 2 aromatic rings. The minimum atomic E-state index is 0.905. The van der Waals surface area contributed by atoms with E-state index >= 15 is 0 Å². The van der Waals surface area contributed by atoms with Gasteiger partial charge in [0.1, 0.15) is 0 Å². The molecule has 0 spiro atoms. The molecule has 0 saturated heterocycles. The van der Waals surface area contributed by atoms with Crippen molar-refractivity contribution in [2.45, 2.75) is 19.9 Å². The van der Waals surface area contributed by atoms with Crippen molar-refractivity contribution in [2.24, 2.45) is 0 Å². The van der Waals surface area contributed by atoms with E-state index in [1.165, 1.54) is 16.7 Å². The highest BCUT2D eigenvalue weighted by Crippen LogP contribution is 2.16. The number of aryl methyl sites for hydroxylation is 1. The standard InChI is InChI=1S/C17H21BrN2/c1-13-6-7-16(18)11-15(13)8-9-20-12-14-4-3-5-17(10-14)19-2/h3-7,10-11,19-20H,8-9,12H2,1-2H3. The maximum Gasteiger partial charge on any atom is 0.0340 e. The van der Waals surface area contributed by atoms with Gasteiger partial charge < -0.3 is 10.6 Å². The van der Waals surface area contributed by atoms with Crippen LogP contribution in [0.15, 0.2) is 46.9 Å². The molecule has 0 aliphatic carbocycles. The Kier molecular flexibility index (Phi) is 5.62. The van der Waals surface area contributed by atoms with E-state index in [4.69, 9.17) is 0 Å². The molecule has 0 heterocycles. The molecular formula is C17H21BrN2. The predicted molar refractivity (Wildman–Crippen MR) is 90.3 cm³/mol. The lowest BCUT2D eigenvalue weighted by molar-refractivity contribution is 0.685. The van der Waals surface area contributed by atoms with Crippen molar-refractivity contribution >= 4 is 21.6 Å². The van der Waals surface area contributed by atoms with E-state index in [1.54, 1.807) is 0 Å². The lowest BCUT2D eigenvalue weighted by Gasteiger charge is -2.09. The van der Waals surface area contributed by atoms with Gasteiger partial charge in [0, 0.05) is 23.8 Å². The van der Waals surface area contributed by atoms with E-state index in [1.807, 2.05) is 7.05 Å². The lowest BCUT2D eigenvalue weighted by Crippen LogP contribution is -2.17. The summed E-state index contributed by atoms with van der Waals surface area (Å²) in [5.41, 5.74) is 5.22. The smallest absolute Gasteiger partial charge is 0.0340 e. The van der Waals surface area contributed by atoms with Crippen LogP contribution in [0.25, 0.3) is 0 Å². The fraction of sp³-hybridized carbons (Fsp3) is 0.294. The van der Waals surface area contributed by atoms with Crippen LogP contribution in [0.2, 0.25) is 0 Å². The highest BCUT2D eigenvalue weighted by molar-refractivity contribution is 9.10. The summed E-state index contributed by atoms with van der Waals surface area (Å²) in [5.74, 6) is 0. The Morgan fingerprint density at radius 3 is 2.75 bits per heavy atom. The first-order chi connectivity index (χ1) is 9.69. The first-order valence-corrected chi connectivity index (χ1v) is 7.71. The monoisotopic (exact) mass is 332 g/mol. The quantitative estimate of drug-likeness (QED) is 0.777. The number of hydrogen-bond acceptors (Lipinski definition) is 2. The number of nitrogens with one attached hydrogen (secondary N) is 2. The summed E-state index contributed by atoms with van der Waals surface area (Å²) >= 11 is 3.53. The Labute approximate surface area is 129 Å². The van der Waals surface area contributed by atoms with Gasteiger partial charge in [0.25, 0.3) is 0 Å². The third-order valence-electron chi connectivity index (χ3n) is 3.43. The van der Waals surface area contributed by atoms with Gasteiger partial charge >= 0.3 is 0 Å². The molecule has 0 aliphatic rings. The van der Waals surface area contributed by atoms with Crippen LogP contribution in [-0.2, 0) is 13.0 Å². The highest BCUT2D eigenvalue weighted by Gasteiger charge is 2.00. The second-order valence-corrected chi connectivity index (χ2v) is 5.86. The largest absolute Gasteiger partial charge is 0.388 e. The van der Waals surface area contributed by atoms with Gasteiger partial charge in [0.05, 0.1) is 0 Å². The lowest BCUT2D eigenvalue weighted by atomic mass is 10.1. The molecule has 2 aromatic carbocycles. The summed E-state index contributed by atoms with van der Waals surface area (Å²) in [6, 6.07) is 15.0. The molecule has 106 valence electrons. The van der Waals surface area contributed by atoms with Crippen LogP contribution in [0.3, 0.4) is 0 Å². The molecule has 3 heteroatoms. The molecule has 20 heavy (non-hydrogen) atoms. The zero-order valence-corrected chi connectivity index (χ0v) is 13.6. The van der Waals surface area contributed by atoms with Crippen LogP contribution in [0, 0.1) is 6.92 Å². The fourth-order valence-electron chi connectivity index (χ4n) is 2.20. The van der Waals surface area contributed by atoms with Crippen molar-refractivity contribution in [2.75, 3.05) is 18.9 Å². The van der Waals surface area contributed by atoms with Gasteiger partial charge in [-0.25, -0.2) is 0 Å². The Hall–Kier alpha value is -1.32. The Morgan fingerprint density at radius 1 is 1.10 bits per heavy atom. The average molecular weight is 333 g/mol. The van der Waals surface area contributed by atoms with Crippen molar-refractivity contribution in [3.8, 4) is 0 Å². The predicted octanol–water partition coefficient (Wildman–Crippen LogP) is 4.13. The summed E-state index contributed by atoms with van der Waals surface area (Å²) < 4.78 is 1.15. The van der Waals surface area contributed by atoms with Gasteiger partial charge in [-0.1, -0.05) is 34.1 Å². The van der Waals surface area contributed by atoms with Crippen LogP contribution in [0.4, 0.5) is 5.69 Å². The molecule has 0 aromatic heterocycles. The molecule has 2 N–H and O–H groups in total. The van der Waals surface area contributed by atoms with Crippen LogP contribution in [-0.4, -0.2) is 13.6 Å². The minimum Gasteiger partial charge on any atom is -0.388 e. The molecule has 0 atom stereocenters. The van der Waals surface area contributed by atoms with E-state index in [-0.39, 0.29) is 0 Å². The van der Waals surface area contributed by atoms with Gasteiger partial charge in [0.15, 0.2) is 0 Å². The van der Waals surface area contributed by atoms with Crippen molar-refractivity contribution < 1.29 is 0 Å². The van der Waals surface area contributed by atoms with Gasteiger partial charge in [0.2, 0.25) is 0 Å². The Bertz CT molecular complexity index is 567. The summed E-state index contributed by atoms with van der Waals surface area (Å²) in [6.45, 7) is 4.06. The Balaban J connectivity index is 1.82. The SMILES string of the molecule is CNc1cccc(CNCCc2cc(Br)ccc2C)c1. The summed E-state index contributed by atoms with van der Waals surface area (Å²) in [5, 5.41) is 6.67. The van der Waals surface area contributed by atoms with Crippen molar-refractivity contribution in [3.05, 3.63) is 63.6 Å². The Morgan fingerprint density at radius 2 is 1.95 bits per heavy atom. The molecule has 0 saturated carbocycles. The number of anilines is 1. The summed E-state index contributed by atoms with van der Waals surface area (Å²) in [7, 11) is 1.95. The average Bonchev–Trinajstić information content (AvgIpc) is 2.47. The molecule has 0 radical (unpaired) electrons. The van der Waals surface area contributed by atoms with E-state index in [9.17, 15) is 0 Å². The van der Waals surface area contributed by atoms with Crippen LogP contribution in [0.1, 0.15) is 16.7 Å². The summed E-state index contributed by atoms with van der Waals surface area (Å²) in [6.07, 6.45) is 1.05. The van der Waals surface area contributed by atoms with Gasteiger partial charge in [-0.05, 0) is 60.8 Å². The molecule has 2 rings (SSSR count). The van der Waals surface area contributed by atoms with E-state index in [0.717, 1.165) is 29.7 Å². The molecule has 0 amide bonds. The second kappa shape index (κ2) is 7.46. The van der Waals surface area contributed by atoms with Crippen molar-refractivity contribution in [1.82, 2.24) is 5.32 Å². The molecule has 2 nitrogen and oxygen atoms in total. The number of benzene rings is 2. The number of hydrogen-bond donors (Lipinski definition) is 2. The zero-order chi connectivity index (χ0) is 14.4. The number of rotatable bonds is 6. The molecule has 0 bridgehead atoms. The van der Waals surface area contributed by atoms with Crippen LogP contribution in [0.5, 0.6) is 0 Å². The molecule has 0 aliphatic heterocycles. The normalized spacial score (nSPS) is 10.6. The minimum absolute atomic E-state index is 0.905. The first-order valence-electron chi connectivity index (χ1n) is 6.91. The molecule has 0 fully saturated rings. The van der Waals surface area contributed by atoms with Gasteiger partial charge in [-0.3, -0.25) is 0 Å². The maximum absolute atomic E-state index is 3.53. The van der Waals surface area contributed by atoms with E-state index < -0.39 is 0 Å². The van der Waals surface area contributed by atoms with E-state index in [2.05, 4.69) is 76.0 Å².